The van der Waals surface area contributed by atoms with Crippen molar-refractivity contribution in [2.24, 2.45) is 11.8 Å². The molecule has 0 aromatic carbocycles. The molecule has 0 spiro atoms. The van der Waals surface area contributed by atoms with Crippen LogP contribution in [0.15, 0.2) is 0 Å². The summed E-state index contributed by atoms with van der Waals surface area (Å²) < 4.78 is 0. The Bertz CT molecular complexity index is 234. The summed E-state index contributed by atoms with van der Waals surface area (Å²) in [6, 6.07) is 0. The maximum atomic E-state index is 10.9. The Labute approximate surface area is 140 Å². The topological polar surface area (TPSA) is 74.6 Å². The number of hydrogen-bond acceptors (Lipinski definition) is 2. The molecule has 0 bridgehead atoms. The minimum absolute atomic E-state index is 0. The van der Waals surface area contributed by atoms with Crippen LogP contribution in [0.2, 0.25) is 0 Å². The van der Waals surface area contributed by atoms with E-state index in [2.05, 4.69) is 6.92 Å². The van der Waals surface area contributed by atoms with Crippen LogP contribution in [-0.4, -0.2) is 22.2 Å². The number of rotatable bonds is 9. The maximum Gasteiger partial charge on any atom is 0.307 e. The first-order chi connectivity index (χ1) is 7.51. The van der Waals surface area contributed by atoms with Gasteiger partial charge in [0, 0.05) is 44.8 Å². The van der Waals surface area contributed by atoms with Crippen LogP contribution >= 0.6 is 0 Å². The maximum absolute atomic E-state index is 10.9. The number of hydrogen-bond donors (Lipinski definition) is 2. The molecule has 0 fully saturated rings. The first kappa shape index (κ1) is 23.5. The summed E-state index contributed by atoms with van der Waals surface area (Å²) in [5, 5.41) is 17.6. The largest absolute Gasteiger partial charge is 0.481 e. The van der Waals surface area contributed by atoms with Gasteiger partial charge >= 0.3 is 11.9 Å². The van der Waals surface area contributed by atoms with Crippen LogP contribution in [0.25, 0.3) is 0 Å². The second-order valence-electron chi connectivity index (χ2n) is 4.29. The number of carboxylic acid groups (broad SMARTS) is 2. The Morgan fingerprint density at radius 2 is 1.67 bits per heavy atom. The van der Waals surface area contributed by atoms with E-state index in [1.165, 1.54) is 0 Å². The molecule has 2 radical (unpaired) electrons. The fourth-order valence-corrected chi connectivity index (χ4v) is 1.87. The molecule has 0 aromatic heterocycles. The minimum Gasteiger partial charge on any atom is -0.481 e. The van der Waals surface area contributed by atoms with Crippen LogP contribution in [0.1, 0.15) is 52.4 Å². The molecule has 0 amide bonds. The van der Waals surface area contributed by atoms with Gasteiger partial charge in [0.2, 0.25) is 0 Å². The van der Waals surface area contributed by atoms with Crippen LogP contribution < -0.4 is 0 Å². The van der Waals surface area contributed by atoms with E-state index in [4.69, 9.17) is 10.2 Å². The average Bonchev–Trinajstić information content (AvgIpc) is 2.21. The zero-order valence-electron chi connectivity index (χ0n) is 10.7. The molecule has 0 rings (SSSR count). The summed E-state index contributed by atoms with van der Waals surface area (Å²) in [4.78, 5) is 21.4. The second kappa shape index (κ2) is 13.8. The van der Waals surface area contributed by atoms with E-state index in [9.17, 15) is 9.59 Å². The van der Waals surface area contributed by atoms with Crippen LogP contribution in [0.5, 0.6) is 0 Å². The molecular weight excluding hydrogens is 424 g/mol. The first-order valence-electron chi connectivity index (χ1n) is 5.95. The summed E-state index contributed by atoms with van der Waals surface area (Å²) in [5.41, 5.74) is 0. The summed E-state index contributed by atoms with van der Waals surface area (Å²) >= 11 is 0. The smallest absolute Gasteiger partial charge is 0.307 e. The molecule has 2 N–H and O–H groups in total. The normalized spacial score (nSPS) is 12.8. The van der Waals surface area contributed by atoms with Crippen molar-refractivity contribution in [3.63, 3.8) is 0 Å². The molecule has 2 atom stereocenters. The molecule has 0 aliphatic carbocycles. The van der Waals surface area contributed by atoms with E-state index in [1.807, 2.05) is 6.92 Å². The van der Waals surface area contributed by atoms with Gasteiger partial charge in [0.05, 0.1) is 12.3 Å². The standard InChI is InChI=1S/C12H22O4.2Ag/c1-3-5-6-9(4-2)7-10(12(15)16)8-11(13)14;;/h9-10H,3-8H2,1-2H3,(H,13,14)(H,15,16);;. The predicted octanol–water partition coefficient (Wildman–Crippen LogP) is 2.76. The molecule has 2 unspecified atom stereocenters. The number of carboxylic acids is 2. The van der Waals surface area contributed by atoms with Crippen molar-refractivity contribution >= 4 is 11.9 Å². The monoisotopic (exact) mass is 444 g/mol. The van der Waals surface area contributed by atoms with Gasteiger partial charge < -0.3 is 10.2 Å². The van der Waals surface area contributed by atoms with Gasteiger partial charge in [-0.3, -0.25) is 9.59 Å². The summed E-state index contributed by atoms with van der Waals surface area (Å²) in [5.74, 6) is -2.42. The SMILES string of the molecule is CCCCC(CC)CC(CC(=O)O)C(=O)O.[Ag].[Ag]. The number of carbonyl (C=O) groups is 2. The molecule has 0 aromatic rings. The first-order valence-corrected chi connectivity index (χ1v) is 5.95. The summed E-state index contributed by atoms with van der Waals surface area (Å²) in [6.07, 6.45) is 4.31. The Morgan fingerprint density at radius 1 is 1.11 bits per heavy atom. The van der Waals surface area contributed by atoms with E-state index in [0.717, 1.165) is 25.7 Å². The zero-order valence-corrected chi connectivity index (χ0v) is 13.7. The Hall–Kier alpha value is 0.421. The molecule has 0 aliphatic rings. The Kier molecular flexibility index (Phi) is 18.1. The average molecular weight is 446 g/mol. The molecule has 0 saturated carbocycles. The molecular formula is C12H22Ag2O4. The van der Waals surface area contributed by atoms with E-state index in [1.54, 1.807) is 0 Å². The predicted molar refractivity (Wildman–Crippen MR) is 61.3 cm³/mol. The van der Waals surface area contributed by atoms with Gasteiger partial charge in [-0.25, -0.2) is 0 Å². The molecule has 0 aliphatic heterocycles. The van der Waals surface area contributed by atoms with Gasteiger partial charge in [-0.15, -0.1) is 0 Å². The van der Waals surface area contributed by atoms with Crippen LogP contribution in [0, 0.1) is 11.8 Å². The fraction of sp³-hybridized carbons (Fsp3) is 0.833. The van der Waals surface area contributed by atoms with E-state index in [0.29, 0.717) is 12.3 Å². The molecule has 0 heterocycles. The van der Waals surface area contributed by atoms with Gasteiger partial charge in [0.1, 0.15) is 0 Å². The quantitative estimate of drug-likeness (QED) is 0.535. The van der Waals surface area contributed by atoms with Crippen molar-refractivity contribution in [3.8, 4) is 0 Å². The van der Waals surface area contributed by atoms with Crippen LogP contribution in [0.3, 0.4) is 0 Å². The molecule has 116 valence electrons. The number of aliphatic carboxylic acids is 2. The van der Waals surface area contributed by atoms with Gasteiger partial charge in [-0.05, 0) is 12.3 Å². The van der Waals surface area contributed by atoms with Crippen molar-refractivity contribution in [2.75, 3.05) is 0 Å². The third kappa shape index (κ3) is 11.5. The summed E-state index contributed by atoms with van der Waals surface area (Å²) in [6.45, 7) is 4.12. The van der Waals surface area contributed by atoms with Gasteiger partial charge in [0.25, 0.3) is 0 Å². The molecule has 18 heavy (non-hydrogen) atoms. The van der Waals surface area contributed by atoms with Gasteiger partial charge in [-0.1, -0.05) is 39.5 Å². The van der Waals surface area contributed by atoms with Crippen molar-refractivity contribution in [1.29, 1.82) is 0 Å². The van der Waals surface area contributed by atoms with Crippen molar-refractivity contribution < 1.29 is 64.6 Å². The van der Waals surface area contributed by atoms with E-state index in [-0.39, 0.29) is 51.2 Å². The molecule has 4 nitrogen and oxygen atoms in total. The van der Waals surface area contributed by atoms with Crippen molar-refractivity contribution in [2.45, 2.75) is 52.4 Å². The Morgan fingerprint density at radius 3 is 2.00 bits per heavy atom. The summed E-state index contributed by atoms with van der Waals surface area (Å²) in [7, 11) is 0. The number of unbranched alkanes of at least 4 members (excludes halogenated alkanes) is 1. The van der Waals surface area contributed by atoms with Crippen molar-refractivity contribution in [3.05, 3.63) is 0 Å². The third-order valence-corrected chi connectivity index (χ3v) is 2.93. The van der Waals surface area contributed by atoms with E-state index < -0.39 is 17.9 Å². The van der Waals surface area contributed by atoms with Gasteiger partial charge in [-0.2, -0.15) is 0 Å². The van der Waals surface area contributed by atoms with Crippen LogP contribution in [-0.2, 0) is 54.3 Å². The molecule has 0 saturated heterocycles. The Balaban J connectivity index is -0.00000112. The third-order valence-electron chi connectivity index (χ3n) is 2.93. The minimum atomic E-state index is -1.03. The van der Waals surface area contributed by atoms with Crippen molar-refractivity contribution in [1.82, 2.24) is 0 Å². The molecule has 6 heteroatoms. The van der Waals surface area contributed by atoms with Gasteiger partial charge in [0.15, 0.2) is 0 Å². The second-order valence-corrected chi connectivity index (χ2v) is 4.29. The van der Waals surface area contributed by atoms with E-state index >= 15 is 0 Å². The fourth-order valence-electron chi connectivity index (χ4n) is 1.87. The zero-order chi connectivity index (χ0) is 12.6. The van der Waals surface area contributed by atoms with Crippen LogP contribution in [0.4, 0.5) is 0 Å².